The molecule has 1 saturated heterocycles. The first-order valence-electron chi connectivity index (χ1n) is 7.08. The minimum Gasteiger partial charge on any atom is -0.481 e. The number of carboxylic acid groups (broad SMARTS) is 1. The number of carboxylic acids is 1. The lowest BCUT2D eigenvalue weighted by Gasteiger charge is -2.27. The van der Waals surface area contributed by atoms with Crippen LogP contribution in [0.25, 0.3) is 0 Å². The van der Waals surface area contributed by atoms with Crippen molar-refractivity contribution in [2.45, 2.75) is 6.18 Å². The molecule has 1 fully saturated rings. The van der Waals surface area contributed by atoms with E-state index in [9.17, 15) is 26.4 Å². The molecule has 0 aromatic heterocycles. The molecule has 24 heavy (non-hydrogen) atoms. The Labute approximate surface area is 138 Å². The molecule has 0 radical (unpaired) electrons. The first-order valence-corrected chi connectivity index (χ1v) is 8.48. The fourth-order valence-corrected chi connectivity index (χ4v) is 4.07. The number of methoxy groups -OCH3 is 2. The number of halogens is 3. The van der Waals surface area contributed by atoms with Gasteiger partial charge in [0.1, 0.15) is 0 Å². The molecule has 1 heterocycles. The van der Waals surface area contributed by atoms with Gasteiger partial charge < -0.3 is 14.6 Å². The number of rotatable bonds is 9. The quantitative estimate of drug-likeness (QED) is 0.608. The van der Waals surface area contributed by atoms with Crippen LogP contribution < -0.4 is 0 Å². The molecule has 0 amide bonds. The molecule has 2 atom stereocenters. The summed E-state index contributed by atoms with van der Waals surface area (Å²) in [6.45, 7) is -1.71. The molecule has 1 aliphatic heterocycles. The topological polar surface area (TPSA) is 96.4 Å². The van der Waals surface area contributed by atoms with Gasteiger partial charge in [-0.15, -0.1) is 0 Å². The highest BCUT2D eigenvalue weighted by atomic mass is 32.2. The molecule has 0 aromatic rings. The summed E-state index contributed by atoms with van der Waals surface area (Å²) in [5.41, 5.74) is 0. The summed E-state index contributed by atoms with van der Waals surface area (Å²) in [7, 11) is -1.55. The smallest absolute Gasteiger partial charge is 0.393 e. The van der Waals surface area contributed by atoms with Gasteiger partial charge in [0, 0.05) is 40.4 Å². The number of alkyl halides is 3. The fraction of sp³-hybridized carbons (Fsp3) is 0.917. The molecular weight excluding hydrogens is 357 g/mol. The van der Waals surface area contributed by atoms with Gasteiger partial charge in [0.25, 0.3) is 10.2 Å². The second kappa shape index (κ2) is 8.43. The van der Waals surface area contributed by atoms with Crippen LogP contribution in [0.2, 0.25) is 0 Å². The Morgan fingerprint density at radius 2 is 1.71 bits per heavy atom. The van der Waals surface area contributed by atoms with Crippen molar-refractivity contribution >= 4 is 16.2 Å². The Morgan fingerprint density at radius 1 is 1.21 bits per heavy atom. The lowest BCUT2D eigenvalue weighted by Crippen LogP contribution is -2.46. The zero-order chi connectivity index (χ0) is 18.5. The lowest BCUT2D eigenvalue weighted by molar-refractivity contribution is -0.187. The van der Waals surface area contributed by atoms with Crippen molar-refractivity contribution in [2.24, 2.45) is 11.8 Å². The van der Waals surface area contributed by atoms with Gasteiger partial charge in [-0.25, -0.2) is 0 Å². The first-order chi connectivity index (χ1) is 11.1. The van der Waals surface area contributed by atoms with Crippen molar-refractivity contribution in [1.29, 1.82) is 0 Å². The predicted molar refractivity (Wildman–Crippen MR) is 76.5 cm³/mol. The van der Waals surface area contributed by atoms with Crippen LogP contribution in [0.4, 0.5) is 13.2 Å². The maximum atomic E-state index is 13.0. The monoisotopic (exact) mass is 378 g/mol. The third-order valence-corrected chi connectivity index (χ3v) is 5.73. The van der Waals surface area contributed by atoms with E-state index < -0.39 is 47.3 Å². The van der Waals surface area contributed by atoms with E-state index >= 15 is 0 Å². The third-order valence-electron chi connectivity index (χ3n) is 3.77. The minimum atomic E-state index is -4.79. The average molecular weight is 378 g/mol. The molecule has 142 valence electrons. The summed E-state index contributed by atoms with van der Waals surface area (Å²) in [4.78, 5) is 11.1. The van der Waals surface area contributed by atoms with Crippen molar-refractivity contribution in [2.75, 3.05) is 53.6 Å². The lowest BCUT2D eigenvalue weighted by atomic mass is 9.96. The van der Waals surface area contributed by atoms with E-state index in [0.717, 1.165) is 4.31 Å². The van der Waals surface area contributed by atoms with Crippen molar-refractivity contribution < 1.29 is 41.0 Å². The van der Waals surface area contributed by atoms with Gasteiger partial charge >= 0.3 is 12.1 Å². The zero-order valence-corrected chi connectivity index (χ0v) is 14.1. The summed E-state index contributed by atoms with van der Waals surface area (Å²) in [6.07, 6.45) is -4.79. The number of aliphatic carboxylic acids is 1. The molecule has 0 spiro atoms. The number of hydrogen-bond acceptors (Lipinski definition) is 5. The Hall–Kier alpha value is -0.950. The van der Waals surface area contributed by atoms with Crippen molar-refractivity contribution in [3.8, 4) is 0 Å². The maximum Gasteiger partial charge on any atom is 0.393 e. The second-order valence-corrected chi connectivity index (χ2v) is 7.23. The second-order valence-electron chi connectivity index (χ2n) is 5.30. The largest absolute Gasteiger partial charge is 0.481 e. The van der Waals surface area contributed by atoms with E-state index in [0.29, 0.717) is 4.31 Å². The molecule has 0 unspecified atom stereocenters. The Balaban J connectivity index is 3.01. The molecule has 0 aromatic carbocycles. The number of carbonyl (C=O) groups is 1. The van der Waals surface area contributed by atoms with Crippen molar-refractivity contribution in [3.63, 3.8) is 0 Å². The number of nitrogens with zero attached hydrogens (tertiary/aromatic N) is 2. The Bertz CT molecular complexity index is 519. The van der Waals surface area contributed by atoms with Gasteiger partial charge in [0.05, 0.1) is 25.0 Å². The Kier molecular flexibility index (Phi) is 7.41. The molecule has 0 aliphatic carbocycles. The molecular formula is C12H21F3N2O6S. The molecule has 8 nitrogen and oxygen atoms in total. The molecule has 0 bridgehead atoms. The highest BCUT2D eigenvalue weighted by molar-refractivity contribution is 7.86. The highest BCUT2D eigenvalue weighted by Crippen LogP contribution is 2.39. The van der Waals surface area contributed by atoms with E-state index in [1.807, 2.05) is 0 Å². The average Bonchev–Trinajstić information content (AvgIpc) is 2.93. The van der Waals surface area contributed by atoms with Crippen LogP contribution in [0.1, 0.15) is 0 Å². The predicted octanol–water partition coefficient (Wildman–Crippen LogP) is 0.0209. The number of hydrogen-bond donors (Lipinski definition) is 1. The molecule has 1 rings (SSSR count). The van der Waals surface area contributed by atoms with Gasteiger partial charge in [-0.1, -0.05) is 0 Å². The van der Waals surface area contributed by atoms with Crippen LogP contribution >= 0.6 is 0 Å². The van der Waals surface area contributed by atoms with Gasteiger partial charge in [0.2, 0.25) is 0 Å². The summed E-state index contributed by atoms with van der Waals surface area (Å²) in [6, 6.07) is 0. The van der Waals surface area contributed by atoms with E-state index in [1.54, 1.807) is 0 Å². The van der Waals surface area contributed by atoms with Gasteiger partial charge in [-0.3, -0.25) is 4.79 Å². The van der Waals surface area contributed by atoms with Crippen LogP contribution in [-0.4, -0.2) is 87.9 Å². The van der Waals surface area contributed by atoms with Gasteiger partial charge in [-0.05, 0) is 0 Å². The van der Waals surface area contributed by atoms with Crippen molar-refractivity contribution in [1.82, 2.24) is 8.61 Å². The van der Waals surface area contributed by atoms with Crippen LogP contribution in [0.3, 0.4) is 0 Å². The summed E-state index contributed by atoms with van der Waals surface area (Å²) >= 11 is 0. The van der Waals surface area contributed by atoms with Gasteiger partial charge in [-0.2, -0.15) is 30.2 Å². The summed E-state index contributed by atoms with van der Waals surface area (Å²) < 4.78 is 75.2. The molecule has 12 heteroatoms. The summed E-state index contributed by atoms with van der Waals surface area (Å²) in [5.74, 6) is -5.74. The molecule has 1 N–H and O–H groups in total. The van der Waals surface area contributed by atoms with Crippen LogP contribution in [-0.2, 0) is 24.5 Å². The van der Waals surface area contributed by atoms with Crippen LogP contribution in [0.5, 0.6) is 0 Å². The molecule has 0 saturated carbocycles. The third kappa shape index (κ3) is 5.02. The minimum absolute atomic E-state index is 0.0435. The Morgan fingerprint density at radius 3 is 2.04 bits per heavy atom. The van der Waals surface area contributed by atoms with Crippen LogP contribution in [0, 0.1) is 11.8 Å². The number of ether oxygens (including phenoxy) is 2. The van der Waals surface area contributed by atoms with Crippen molar-refractivity contribution in [3.05, 3.63) is 0 Å². The van der Waals surface area contributed by atoms with E-state index in [1.165, 1.54) is 14.2 Å². The van der Waals surface area contributed by atoms with Gasteiger partial charge in [0.15, 0.2) is 0 Å². The zero-order valence-electron chi connectivity index (χ0n) is 13.3. The van der Waals surface area contributed by atoms with E-state index in [2.05, 4.69) is 0 Å². The first kappa shape index (κ1) is 21.1. The fourth-order valence-electron chi connectivity index (χ4n) is 2.43. The normalized spacial score (nSPS) is 23.1. The summed E-state index contributed by atoms with van der Waals surface area (Å²) in [5, 5.41) is 8.98. The maximum absolute atomic E-state index is 13.0. The SMILES string of the molecule is COCCN(CCOC)S(=O)(=O)N1C[C@@H](C(F)(F)F)[C@H](C(=O)O)C1. The highest BCUT2D eigenvalue weighted by Gasteiger charge is 2.55. The van der Waals surface area contributed by atoms with E-state index in [-0.39, 0.29) is 26.3 Å². The van der Waals surface area contributed by atoms with E-state index in [4.69, 9.17) is 14.6 Å². The molecule has 1 aliphatic rings. The standard InChI is InChI=1S/C12H21F3N2O6S/c1-22-5-3-16(4-6-23-2)24(20,21)17-7-9(11(18)19)10(8-17)12(13,14)15/h9-10H,3-8H2,1-2H3,(H,18,19)/t9-,10-/m1/s1. The van der Waals surface area contributed by atoms with Crippen LogP contribution in [0.15, 0.2) is 0 Å².